The first-order valence-electron chi connectivity index (χ1n) is 6.33. The van der Waals surface area contributed by atoms with Crippen LogP contribution < -0.4 is 10.1 Å². The van der Waals surface area contributed by atoms with Crippen LogP contribution in [0.15, 0.2) is 18.2 Å². The number of hydrogen-bond acceptors (Lipinski definition) is 4. The number of thiazole rings is 1. The average molecular weight is 345 g/mol. The fourth-order valence-electron chi connectivity index (χ4n) is 1.79. The fourth-order valence-corrected chi connectivity index (χ4v) is 2.96. The van der Waals surface area contributed by atoms with Crippen LogP contribution in [0, 0.1) is 0 Å². The molecule has 0 aliphatic heterocycles. The Balaban J connectivity index is 2.08. The zero-order valence-corrected chi connectivity index (χ0v) is 13.9. The van der Waals surface area contributed by atoms with Crippen molar-refractivity contribution in [3.8, 4) is 5.75 Å². The summed E-state index contributed by atoms with van der Waals surface area (Å²) in [5, 5.41) is 3.81. The van der Waals surface area contributed by atoms with E-state index in [4.69, 9.17) is 27.9 Å². The number of nitrogens with one attached hydrogen (secondary N) is 1. The number of aryl methyl sites for hydroxylation is 1. The summed E-state index contributed by atoms with van der Waals surface area (Å²) in [6.07, 6.45) is 0.793. The van der Waals surface area contributed by atoms with Crippen LogP contribution in [0.3, 0.4) is 0 Å². The lowest BCUT2D eigenvalue weighted by atomic mass is 10.1. The number of anilines is 1. The summed E-state index contributed by atoms with van der Waals surface area (Å²) in [6, 6.07) is 5.54. The molecule has 1 N–H and O–H groups in total. The molecule has 0 radical (unpaired) electrons. The molecule has 1 aromatic heterocycles. The predicted molar refractivity (Wildman–Crippen MR) is 86.6 cm³/mol. The SMILES string of the molecule is CCc1cc(OCc2nc(Cl)c(Cl)s2)ccc1NC(C)=O. The van der Waals surface area contributed by atoms with Gasteiger partial charge in [0.2, 0.25) is 5.91 Å². The van der Waals surface area contributed by atoms with E-state index in [9.17, 15) is 4.79 Å². The van der Waals surface area contributed by atoms with Gasteiger partial charge in [-0.15, -0.1) is 11.3 Å². The number of carbonyl (C=O) groups is 1. The summed E-state index contributed by atoms with van der Waals surface area (Å²) in [5.41, 5.74) is 1.82. The summed E-state index contributed by atoms with van der Waals surface area (Å²) in [6.45, 7) is 3.81. The van der Waals surface area contributed by atoms with Crippen LogP contribution in [0.1, 0.15) is 24.4 Å². The standard InChI is InChI=1S/C14H14Cl2N2O2S/c1-3-9-6-10(4-5-11(9)17-8(2)19)20-7-12-18-13(15)14(16)21-12/h4-6H,3,7H2,1-2H3,(H,17,19). The molecule has 0 bridgehead atoms. The molecular formula is C14H14Cl2N2O2S. The molecule has 7 heteroatoms. The van der Waals surface area contributed by atoms with Gasteiger partial charge in [0.15, 0.2) is 5.15 Å². The van der Waals surface area contributed by atoms with E-state index in [1.807, 2.05) is 19.1 Å². The third-order valence-corrected chi connectivity index (χ3v) is 4.43. The van der Waals surface area contributed by atoms with Crippen molar-refractivity contribution in [3.05, 3.63) is 38.3 Å². The summed E-state index contributed by atoms with van der Waals surface area (Å²) >= 11 is 13.0. The second kappa shape index (κ2) is 7.11. The van der Waals surface area contributed by atoms with Crippen LogP contribution in [-0.4, -0.2) is 10.9 Å². The van der Waals surface area contributed by atoms with E-state index >= 15 is 0 Å². The van der Waals surface area contributed by atoms with E-state index in [0.717, 1.165) is 17.7 Å². The summed E-state index contributed by atoms with van der Waals surface area (Å²) in [4.78, 5) is 15.2. The largest absolute Gasteiger partial charge is 0.486 e. The third-order valence-electron chi connectivity index (χ3n) is 2.72. The van der Waals surface area contributed by atoms with Crippen LogP contribution in [0.5, 0.6) is 5.75 Å². The first-order valence-corrected chi connectivity index (χ1v) is 7.91. The Morgan fingerprint density at radius 2 is 2.19 bits per heavy atom. The number of amides is 1. The van der Waals surface area contributed by atoms with Crippen LogP contribution >= 0.6 is 34.5 Å². The van der Waals surface area contributed by atoms with Crippen LogP contribution in [0.2, 0.25) is 9.49 Å². The molecule has 2 rings (SSSR count). The Morgan fingerprint density at radius 1 is 1.43 bits per heavy atom. The van der Waals surface area contributed by atoms with Crippen LogP contribution in [-0.2, 0) is 17.8 Å². The Labute approximate surface area is 137 Å². The Bertz CT molecular complexity index is 639. The monoisotopic (exact) mass is 344 g/mol. The molecule has 0 aliphatic rings. The molecule has 0 unspecified atom stereocenters. The molecule has 21 heavy (non-hydrogen) atoms. The van der Waals surface area contributed by atoms with Gasteiger partial charge in [-0.25, -0.2) is 4.98 Å². The second-order valence-electron chi connectivity index (χ2n) is 4.31. The molecule has 0 saturated carbocycles. The number of ether oxygens (including phenoxy) is 1. The lowest BCUT2D eigenvalue weighted by Gasteiger charge is -2.11. The first-order chi connectivity index (χ1) is 9.99. The lowest BCUT2D eigenvalue weighted by Crippen LogP contribution is -2.08. The number of carbonyl (C=O) groups excluding carboxylic acids is 1. The third kappa shape index (κ3) is 4.33. The zero-order valence-electron chi connectivity index (χ0n) is 11.6. The summed E-state index contributed by atoms with van der Waals surface area (Å²) in [5.74, 6) is 0.619. The minimum atomic E-state index is -0.0922. The van der Waals surface area contributed by atoms with Crippen molar-refractivity contribution in [1.29, 1.82) is 0 Å². The van der Waals surface area contributed by atoms with E-state index in [1.54, 1.807) is 6.07 Å². The molecule has 1 heterocycles. The zero-order chi connectivity index (χ0) is 15.4. The van der Waals surface area contributed by atoms with E-state index in [1.165, 1.54) is 18.3 Å². The maximum absolute atomic E-state index is 11.1. The molecule has 0 spiro atoms. The van der Waals surface area contributed by atoms with Gasteiger partial charge in [-0.05, 0) is 30.2 Å². The number of aromatic nitrogens is 1. The Kier molecular flexibility index (Phi) is 5.45. The highest BCUT2D eigenvalue weighted by Gasteiger charge is 2.09. The summed E-state index contributed by atoms with van der Waals surface area (Å²) in [7, 11) is 0. The highest BCUT2D eigenvalue weighted by Crippen LogP contribution is 2.29. The van der Waals surface area contributed by atoms with E-state index in [0.29, 0.717) is 26.9 Å². The van der Waals surface area contributed by atoms with Crippen LogP contribution in [0.4, 0.5) is 5.69 Å². The van der Waals surface area contributed by atoms with Crippen molar-refractivity contribution in [2.75, 3.05) is 5.32 Å². The van der Waals surface area contributed by atoms with Gasteiger partial charge in [0.25, 0.3) is 0 Å². The predicted octanol–water partition coefficient (Wildman–Crippen LogP) is 4.55. The number of nitrogens with zero attached hydrogens (tertiary/aromatic N) is 1. The van der Waals surface area contributed by atoms with Gasteiger partial charge in [-0.1, -0.05) is 30.1 Å². The minimum absolute atomic E-state index is 0.0922. The quantitative estimate of drug-likeness (QED) is 0.865. The number of rotatable bonds is 5. The van der Waals surface area contributed by atoms with Crippen LogP contribution in [0.25, 0.3) is 0 Å². The Hall–Kier alpha value is -1.30. The van der Waals surface area contributed by atoms with Crippen molar-refractivity contribution in [2.24, 2.45) is 0 Å². The molecule has 1 amide bonds. The molecule has 112 valence electrons. The minimum Gasteiger partial charge on any atom is -0.486 e. The van der Waals surface area contributed by atoms with E-state index in [2.05, 4.69) is 10.3 Å². The maximum Gasteiger partial charge on any atom is 0.221 e. The normalized spacial score (nSPS) is 10.5. The highest BCUT2D eigenvalue weighted by molar-refractivity contribution is 7.16. The Morgan fingerprint density at radius 3 is 2.76 bits per heavy atom. The van der Waals surface area contributed by atoms with Gasteiger partial charge in [0.1, 0.15) is 21.7 Å². The van der Waals surface area contributed by atoms with Gasteiger partial charge in [0, 0.05) is 12.6 Å². The topological polar surface area (TPSA) is 51.2 Å². The molecule has 0 fully saturated rings. The number of halogens is 2. The molecule has 0 aliphatic carbocycles. The van der Waals surface area contributed by atoms with Gasteiger partial charge < -0.3 is 10.1 Å². The smallest absolute Gasteiger partial charge is 0.221 e. The molecule has 2 aromatic rings. The highest BCUT2D eigenvalue weighted by atomic mass is 35.5. The van der Waals surface area contributed by atoms with Gasteiger partial charge >= 0.3 is 0 Å². The van der Waals surface area contributed by atoms with Gasteiger partial charge in [-0.3, -0.25) is 4.79 Å². The maximum atomic E-state index is 11.1. The van der Waals surface area contributed by atoms with Crippen molar-refractivity contribution in [3.63, 3.8) is 0 Å². The average Bonchev–Trinajstić information content (AvgIpc) is 2.76. The molecule has 0 atom stereocenters. The van der Waals surface area contributed by atoms with Crippen molar-refractivity contribution in [1.82, 2.24) is 4.98 Å². The number of benzene rings is 1. The first kappa shape index (κ1) is 16.1. The second-order valence-corrected chi connectivity index (χ2v) is 6.36. The lowest BCUT2D eigenvalue weighted by molar-refractivity contribution is -0.114. The summed E-state index contributed by atoms with van der Waals surface area (Å²) < 4.78 is 6.14. The molecule has 1 aromatic carbocycles. The van der Waals surface area contributed by atoms with Crippen molar-refractivity contribution >= 4 is 46.1 Å². The molecular weight excluding hydrogens is 331 g/mol. The van der Waals surface area contributed by atoms with Gasteiger partial charge in [-0.2, -0.15) is 0 Å². The number of hydrogen-bond donors (Lipinski definition) is 1. The van der Waals surface area contributed by atoms with Crippen molar-refractivity contribution in [2.45, 2.75) is 26.9 Å². The van der Waals surface area contributed by atoms with E-state index in [-0.39, 0.29) is 5.91 Å². The van der Waals surface area contributed by atoms with E-state index < -0.39 is 0 Å². The van der Waals surface area contributed by atoms with Crippen molar-refractivity contribution < 1.29 is 9.53 Å². The fraction of sp³-hybridized carbons (Fsp3) is 0.286. The van der Waals surface area contributed by atoms with Gasteiger partial charge in [0.05, 0.1) is 0 Å². The molecule has 4 nitrogen and oxygen atoms in total. The molecule has 0 saturated heterocycles.